The molecule has 1 aromatic carbocycles. The van der Waals surface area contributed by atoms with Gasteiger partial charge in [-0.1, -0.05) is 24.8 Å². The second kappa shape index (κ2) is 12.3. The van der Waals surface area contributed by atoms with Crippen molar-refractivity contribution in [2.24, 2.45) is 0 Å². The number of nitriles is 1. The molecule has 4 aliphatic rings. The minimum absolute atomic E-state index is 0.122. The van der Waals surface area contributed by atoms with Crippen molar-refractivity contribution < 1.29 is 9.53 Å². The highest BCUT2D eigenvalue weighted by molar-refractivity contribution is 5.87. The summed E-state index contributed by atoms with van der Waals surface area (Å²) in [6, 6.07) is 12.5. The van der Waals surface area contributed by atoms with Crippen LogP contribution in [0, 0.1) is 11.3 Å². The molecule has 2 aromatic rings. The van der Waals surface area contributed by atoms with Gasteiger partial charge in [0.2, 0.25) is 5.91 Å². The Morgan fingerprint density at radius 2 is 2.00 bits per heavy atom. The Morgan fingerprint density at radius 3 is 2.81 bits per heavy atom. The standard InChI is InChI=1S/C33H43N7O2/c1-4-31(41)40-19-18-37(21-26(40)13-15-34)32-28-12-11-25(39-17-14-24-8-5-6-10-30(24)39)20-29(28)35-33(36-32)42-22-27-9-7-16-38(27)23(2)3/h4-6,8,10,23,25-27H,1,7,9,11-14,16-22H2,2-3H3/t25-,26+,27+/m1/s1. The van der Waals surface area contributed by atoms with Crippen LogP contribution < -0.4 is 14.5 Å². The van der Waals surface area contributed by atoms with E-state index < -0.39 is 0 Å². The zero-order chi connectivity index (χ0) is 29.2. The smallest absolute Gasteiger partial charge is 0.318 e. The van der Waals surface area contributed by atoms with Gasteiger partial charge in [-0.15, -0.1) is 0 Å². The molecule has 0 N–H and O–H groups in total. The van der Waals surface area contributed by atoms with E-state index in [4.69, 9.17) is 14.7 Å². The Kier molecular flexibility index (Phi) is 8.34. The van der Waals surface area contributed by atoms with Crippen LogP contribution in [-0.4, -0.2) is 89.2 Å². The first-order valence-electron chi connectivity index (χ1n) is 15.6. The summed E-state index contributed by atoms with van der Waals surface area (Å²) in [5.41, 5.74) is 5.05. The van der Waals surface area contributed by atoms with E-state index in [9.17, 15) is 10.1 Å². The number of para-hydroxylation sites is 1. The van der Waals surface area contributed by atoms with E-state index in [0.717, 1.165) is 56.7 Å². The van der Waals surface area contributed by atoms with Crippen LogP contribution in [0.15, 0.2) is 36.9 Å². The molecule has 1 aliphatic carbocycles. The topological polar surface area (TPSA) is 88.8 Å². The first-order chi connectivity index (χ1) is 20.5. The molecule has 1 aromatic heterocycles. The number of carbonyl (C=O) groups is 1. The molecule has 3 aliphatic heterocycles. The lowest BCUT2D eigenvalue weighted by molar-refractivity contribution is -0.128. The number of hydrogen-bond acceptors (Lipinski definition) is 8. The largest absolute Gasteiger partial charge is 0.462 e. The molecule has 9 heteroatoms. The molecule has 2 fully saturated rings. The normalized spacial score (nSPS) is 24.0. The molecule has 0 radical (unpaired) electrons. The number of likely N-dealkylation sites (tertiary alicyclic amines) is 1. The van der Waals surface area contributed by atoms with Gasteiger partial charge in [0.15, 0.2) is 0 Å². The van der Waals surface area contributed by atoms with Gasteiger partial charge in [0, 0.05) is 62.0 Å². The Hall–Kier alpha value is -3.64. The maximum atomic E-state index is 12.5. The molecular weight excluding hydrogens is 526 g/mol. The summed E-state index contributed by atoms with van der Waals surface area (Å²) in [4.78, 5) is 31.8. The van der Waals surface area contributed by atoms with Crippen LogP contribution in [0.4, 0.5) is 11.5 Å². The third kappa shape index (κ3) is 5.57. The minimum atomic E-state index is -0.209. The first kappa shape index (κ1) is 28.5. The summed E-state index contributed by atoms with van der Waals surface area (Å²) < 4.78 is 6.40. The van der Waals surface area contributed by atoms with Gasteiger partial charge in [-0.25, -0.2) is 0 Å². The number of carbonyl (C=O) groups excluding carboxylic acids is 1. The number of nitrogens with zero attached hydrogens (tertiary/aromatic N) is 7. The van der Waals surface area contributed by atoms with Gasteiger partial charge in [-0.05, 0) is 70.2 Å². The van der Waals surface area contributed by atoms with Crippen LogP contribution in [0.3, 0.4) is 0 Å². The van der Waals surface area contributed by atoms with E-state index >= 15 is 0 Å². The summed E-state index contributed by atoms with van der Waals surface area (Å²) in [5.74, 6) is 0.791. The zero-order valence-electron chi connectivity index (χ0n) is 25.0. The van der Waals surface area contributed by atoms with E-state index in [0.29, 0.717) is 50.4 Å². The SMILES string of the molecule is C=CC(=O)N1CCN(c2nc(OC[C@@H]3CCCN3C(C)C)nc3c2CC[C@@H](N2CCc4ccccc42)C3)C[C@@H]1CC#N. The van der Waals surface area contributed by atoms with Gasteiger partial charge in [0.25, 0.3) is 0 Å². The number of hydrogen-bond donors (Lipinski definition) is 0. The van der Waals surface area contributed by atoms with Gasteiger partial charge >= 0.3 is 6.01 Å². The molecule has 0 spiro atoms. The van der Waals surface area contributed by atoms with E-state index in [1.807, 2.05) is 0 Å². The third-order valence-corrected chi connectivity index (χ3v) is 9.63. The first-order valence-corrected chi connectivity index (χ1v) is 15.6. The van der Waals surface area contributed by atoms with Gasteiger partial charge in [-0.3, -0.25) is 9.69 Å². The molecule has 9 nitrogen and oxygen atoms in total. The van der Waals surface area contributed by atoms with E-state index in [2.05, 4.69) is 65.5 Å². The average Bonchev–Trinajstić information content (AvgIpc) is 3.67. The number of rotatable bonds is 8. The van der Waals surface area contributed by atoms with Crippen molar-refractivity contribution >= 4 is 17.4 Å². The van der Waals surface area contributed by atoms with Gasteiger partial charge in [-0.2, -0.15) is 15.2 Å². The fourth-order valence-corrected chi connectivity index (χ4v) is 7.51. The maximum Gasteiger partial charge on any atom is 0.318 e. The van der Waals surface area contributed by atoms with Crippen molar-refractivity contribution in [3.05, 3.63) is 53.7 Å². The van der Waals surface area contributed by atoms with Crippen LogP contribution >= 0.6 is 0 Å². The van der Waals surface area contributed by atoms with Crippen molar-refractivity contribution in [2.75, 3.05) is 49.1 Å². The summed E-state index contributed by atoms with van der Waals surface area (Å²) in [6.45, 7) is 12.6. The number of ether oxygens (including phenoxy) is 1. The van der Waals surface area contributed by atoms with Crippen molar-refractivity contribution in [1.82, 2.24) is 19.8 Å². The summed E-state index contributed by atoms with van der Waals surface area (Å²) >= 11 is 0. The van der Waals surface area contributed by atoms with Crippen molar-refractivity contribution in [3.63, 3.8) is 0 Å². The average molecular weight is 570 g/mol. The number of anilines is 2. The van der Waals surface area contributed by atoms with E-state index in [1.54, 1.807) is 4.90 Å². The third-order valence-electron chi connectivity index (χ3n) is 9.63. The Morgan fingerprint density at radius 1 is 1.14 bits per heavy atom. The fourth-order valence-electron chi connectivity index (χ4n) is 7.51. The van der Waals surface area contributed by atoms with E-state index in [1.165, 1.54) is 29.3 Å². The monoisotopic (exact) mass is 569 g/mol. The van der Waals surface area contributed by atoms with E-state index in [-0.39, 0.29) is 18.4 Å². The molecule has 1 amide bonds. The molecular formula is C33H43N7O2. The van der Waals surface area contributed by atoms with Gasteiger partial charge < -0.3 is 19.4 Å². The Bertz CT molecular complexity index is 1350. The lowest BCUT2D eigenvalue weighted by Gasteiger charge is -2.42. The van der Waals surface area contributed by atoms with Crippen LogP contribution in [0.1, 0.15) is 56.4 Å². The van der Waals surface area contributed by atoms with Crippen LogP contribution in [0.25, 0.3) is 0 Å². The summed E-state index contributed by atoms with van der Waals surface area (Å²) in [5, 5.41) is 9.53. The molecule has 2 saturated heterocycles. The predicted octanol–water partition coefficient (Wildman–Crippen LogP) is 3.77. The van der Waals surface area contributed by atoms with Crippen molar-refractivity contribution in [2.45, 2.75) is 83.0 Å². The van der Waals surface area contributed by atoms with Crippen molar-refractivity contribution in [3.8, 4) is 12.1 Å². The molecule has 6 rings (SSSR count). The molecule has 0 unspecified atom stereocenters. The lowest BCUT2D eigenvalue weighted by atomic mass is 9.90. The molecule has 4 heterocycles. The molecule has 42 heavy (non-hydrogen) atoms. The highest BCUT2D eigenvalue weighted by Gasteiger charge is 2.36. The number of amides is 1. The molecule has 222 valence electrons. The highest BCUT2D eigenvalue weighted by Crippen LogP contribution is 2.37. The zero-order valence-corrected chi connectivity index (χ0v) is 25.0. The summed E-state index contributed by atoms with van der Waals surface area (Å²) in [7, 11) is 0. The molecule has 0 saturated carbocycles. The summed E-state index contributed by atoms with van der Waals surface area (Å²) in [6.07, 6.45) is 7.82. The van der Waals surface area contributed by atoms with Gasteiger partial charge in [0.05, 0.1) is 24.2 Å². The van der Waals surface area contributed by atoms with Gasteiger partial charge in [0.1, 0.15) is 12.4 Å². The second-order valence-corrected chi connectivity index (χ2v) is 12.4. The van der Waals surface area contributed by atoms with Crippen LogP contribution in [0.5, 0.6) is 6.01 Å². The number of aromatic nitrogens is 2. The fraction of sp³-hybridized carbons (Fsp3) is 0.576. The highest BCUT2D eigenvalue weighted by atomic mass is 16.5. The molecule has 3 atom stereocenters. The predicted molar refractivity (Wildman–Crippen MR) is 164 cm³/mol. The van der Waals surface area contributed by atoms with Crippen LogP contribution in [0.2, 0.25) is 0 Å². The van der Waals surface area contributed by atoms with Crippen LogP contribution in [-0.2, 0) is 24.1 Å². The number of piperazine rings is 1. The quantitative estimate of drug-likeness (QED) is 0.444. The van der Waals surface area contributed by atoms with Crippen molar-refractivity contribution in [1.29, 1.82) is 5.26 Å². The maximum absolute atomic E-state index is 12.5. The minimum Gasteiger partial charge on any atom is -0.462 e. The molecule has 0 bridgehead atoms. The number of benzene rings is 1. The Labute approximate surface area is 249 Å². The second-order valence-electron chi connectivity index (χ2n) is 12.4. The number of fused-ring (bicyclic) bond motifs is 2. The lowest BCUT2D eigenvalue weighted by Crippen LogP contribution is -2.55. The Balaban J connectivity index is 1.29.